The van der Waals surface area contributed by atoms with E-state index in [1.165, 1.54) is 38.8 Å². The number of hydrogen-bond donors (Lipinski definition) is 1. The lowest BCUT2D eigenvalue weighted by Gasteiger charge is -2.44. The van der Waals surface area contributed by atoms with Crippen LogP contribution in [0.25, 0.3) is 0 Å². The van der Waals surface area contributed by atoms with Gasteiger partial charge in [0.2, 0.25) is 0 Å². The van der Waals surface area contributed by atoms with Crippen LogP contribution in [0.1, 0.15) is 60.3 Å². The van der Waals surface area contributed by atoms with Crippen LogP contribution in [0.5, 0.6) is 0 Å². The van der Waals surface area contributed by atoms with Crippen molar-refractivity contribution in [2.24, 2.45) is 10.8 Å². The van der Waals surface area contributed by atoms with E-state index >= 15 is 0 Å². The maximum Gasteiger partial charge on any atom is 0.0575 e. The van der Waals surface area contributed by atoms with E-state index in [9.17, 15) is 5.11 Å². The number of hydrogen-bond acceptors (Lipinski definition) is 2. The molecule has 0 aliphatic carbocycles. The molecule has 1 aliphatic rings. The van der Waals surface area contributed by atoms with Crippen molar-refractivity contribution in [2.45, 2.75) is 66.4 Å². The standard InChI is InChI=1S/C15H31NO/c1-6-15(7-2)8-10-16(11-9-15)12-14(4,5)13(3)17/h13,17H,6-12H2,1-5H3. The van der Waals surface area contributed by atoms with Gasteiger partial charge in [0.15, 0.2) is 0 Å². The van der Waals surface area contributed by atoms with Gasteiger partial charge >= 0.3 is 0 Å². The van der Waals surface area contributed by atoms with E-state index in [1.54, 1.807) is 0 Å². The molecule has 0 amide bonds. The monoisotopic (exact) mass is 241 g/mol. The fraction of sp³-hybridized carbons (Fsp3) is 1.00. The molecule has 1 rings (SSSR count). The second kappa shape index (κ2) is 5.71. The van der Waals surface area contributed by atoms with Gasteiger partial charge in [0, 0.05) is 12.0 Å². The summed E-state index contributed by atoms with van der Waals surface area (Å²) < 4.78 is 0. The lowest BCUT2D eigenvalue weighted by atomic mass is 9.73. The zero-order valence-electron chi connectivity index (χ0n) is 12.4. The molecule has 17 heavy (non-hydrogen) atoms. The maximum atomic E-state index is 9.78. The Balaban J connectivity index is 2.47. The first-order valence-electron chi connectivity index (χ1n) is 7.25. The Morgan fingerprint density at radius 2 is 1.65 bits per heavy atom. The molecule has 2 nitrogen and oxygen atoms in total. The summed E-state index contributed by atoms with van der Waals surface area (Å²) in [5, 5.41) is 9.78. The SMILES string of the molecule is CCC1(CC)CCN(CC(C)(C)C(C)O)CC1. The summed E-state index contributed by atoms with van der Waals surface area (Å²) in [7, 11) is 0. The highest BCUT2D eigenvalue weighted by Gasteiger charge is 2.34. The molecule has 0 bridgehead atoms. The van der Waals surface area contributed by atoms with Crippen LogP contribution in [-0.2, 0) is 0 Å². The maximum absolute atomic E-state index is 9.78. The minimum absolute atomic E-state index is 0.0123. The predicted octanol–water partition coefficient (Wildman–Crippen LogP) is 3.30. The normalized spacial score (nSPS) is 23.6. The van der Waals surface area contributed by atoms with Gasteiger partial charge in [-0.2, -0.15) is 0 Å². The molecule has 102 valence electrons. The molecule has 0 spiro atoms. The van der Waals surface area contributed by atoms with Crippen molar-refractivity contribution >= 4 is 0 Å². The van der Waals surface area contributed by atoms with Crippen molar-refractivity contribution in [3.8, 4) is 0 Å². The zero-order chi connectivity index (χ0) is 13.1. The van der Waals surface area contributed by atoms with Gasteiger partial charge in [-0.1, -0.05) is 40.5 Å². The lowest BCUT2D eigenvalue weighted by Crippen LogP contribution is -2.46. The average molecular weight is 241 g/mol. The molecule has 1 N–H and O–H groups in total. The summed E-state index contributed by atoms with van der Waals surface area (Å²) in [6.45, 7) is 14.3. The van der Waals surface area contributed by atoms with E-state index in [1.807, 2.05) is 6.92 Å². The molecule has 0 aromatic rings. The van der Waals surface area contributed by atoms with E-state index in [0.717, 1.165) is 6.54 Å². The molecular formula is C15H31NO. The first kappa shape index (κ1) is 15.0. The van der Waals surface area contributed by atoms with Crippen LogP contribution in [0.2, 0.25) is 0 Å². The summed E-state index contributed by atoms with van der Waals surface area (Å²) in [5.41, 5.74) is 0.615. The number of rotatable bonds is 5. The Hall–Kier alpha value is -0.0800. The molecular weight excluding hydrogens is 210 g/mol. The summed E-state index contributed by atoms with van der Waals surface area (Å²) in [5.74, 6) is 0. The van der Waals surface area contributed by atoms with Crippen LogP contribution in [0, 0.1) is 10.8 Å². The Kier molecular flexibility index (Phi) is 5.03. The van der Waals surface area contributed by atoms with Crippen molar-refractivity contribution < 1.29 is 5.11 Å². The Morgan fingerprint density at radius 3 is 2.00 bits per heavy atom. The Morgan fingerprint density at radius 1 is 1.18 bits per heavy atom. The molecule has 0 aromatic heterocycles. The minimum atomic E-state index is -0.230. The topological polar surface area (TPSA) is 23.5 Å². The minimum Gasteiger partial charge on any atom is -0.393 e. The van der Waals surface area contributed by atoms with Gasteiger partial charge < -0.3 is 10.0 Å². The first-order chi connectivity index (χ1) is 7.85. The summed E-state index contributed by atoms with van der Waals surface area (Å²) in [6, 6.07) is 0. The van der Waals surface area contributed by atoms with Gasteiger partial charge in [0.05, 0.1) is 6.10 Å². The van der Waals surface area contributed by atoms with Crippen LogP contribution in [0.3, 0.4) is 0 Å². The van der Waals surface area contributed by atoms with Gasteiger partial charge in [0.1, 0.15) is 0 Å². The van der Waals surface area contributed by atoms with Crippen LogP contribution < -0.4 is 0 Å². The average Bonchev–Trinajstić information content (AvgIpc) is 2.30. The zero-order valence-corrected chi connectivity index (χ0v) is 12.4. The molecule has 1 heterocycles. The summed E-state index contributed by atoms with van der Waals surface area (Å²) in [6.07, 6.45) is 5.06. The van der Waals surface area contributed by atoms with Gasteiger partial charge in [-0.05, 0) is 38.3 Å². The molecule has 1 aliphatic heterocycles. The van der Waals surface area contributed by atoms with E-state index in [4.69, 9.17) is 0 Å². The van der Waals surface area contributed by atoms with Crippen LogP contribution >= 0.6 is 0 Å². The lowest BCUT2D eigenvalue weighted by molar-refractivity contribution is 0.0107. The van der Waals surface area contributed by atoms with Crippen molar-refractivity contribution in [3.05, 3.63) is 0 Å². The van der Waals surface area contributed by atoms with E-state index in [-0.39, 0.29) is 11.5 Å². The van der Waals surface area contributed by atoms with Gasteiger partial charge in [-0.25, -0.2) is 0 Å². The van der Waals surface area contributed by atoms with Crippen LogP contribution in [0.15, 0.2) is 0 Å². The van der Waals surface area contributed by atoms with Crippen LogP contribution in [0.4, 0.5) is 0 Å². The summed E-state index contributed by atoms with van der Waals surface area (Å²) in [4.78, 5) is 2.54. The van der Waals surface area contributed by atoms with Gasteiger partial charge in [-0.3, -0.25) is 0 Å². The third-order valence-corrected chi connectivity index (χ3v) is 5.18. The highest BCUT2D eigenvalue weighted by atomic mass is 16.3. The third-order valence-electron chi connectivity index (χ3n) is 5.18. The molecule has 0 saturated carbocycles. The predicted molar refractivity (Wildman–Crippen MR) is 74.2 cm³/mol. The molecule has 1 atom stereocenters. The Labute approximate surface area is 107 Å². The molecule has 1 saturated heterocycles. The second-order valence-electron chi connectivity index (χ2n) is 6.65. The fourth-order valence-corrected chi connectivity index (χ4v) is 2.85. The molecule has 0 aromatic carbocycles. The molecule has 1 fully saturated rings. The number of nitrogens with zero attached hydrogens (tertiary/aromatic N) is 1. The highest BCUT2D eigenvalue weighted by molar-refractivity contribution is 4.87. The fourth-order valence-electron chi connectivity index (χ4n) is 2.85. The number of aliphatic hydroxyl groups excluding tert-OH is 1. The van der Waals surface area contributed by atoms with E-state index < -0.39 is 0 Å². The number of piperidine rings is 1. The van der Waals surface area contributed by atoms with Crippen molar-refractivity contribution in [1.82, 2.24) is 4.90 Å². The van der Waals surface area contributed by atoms with E-state index in [0.29, 0.717) is 5.41 Å². The first-order valence-corrected chi connectivity index (χ1v) is 7.25. The highest BCUT2D eigenvalue weighted by Crippen LogP contribution is 2.38. The molecule has 2 heteroatoms. The molecule has 0 radical (unpaired) electrons. The third kappa shape index (κ3) is 3.69. The van der Waals surface area contributed by atoms with Gasteiger partial charge in [0.25, 0.3) is 0 Å². The Bertz CT molecular complexity index is 221. The number of likely N-dealkylation sites (tertiary alicyclic amines) is 1. The van der Waals surface area contributed by atoms with E-state index in [2.05, 4.69) is 32.6 Å². The van der Waals surface area contributed by atoms with Gasteiger partial charge in [-0.15, -0.1) is 0 Å². The smallest absolute Gasteiger partial charge is 0.0575 e. The van der Waals surface area contributed by atoms with Crippen molar-refractivity contribution in [3.63, 3.8) is 0 Å². The number of aliphatic hydroxyl groups is 1. The largest absolute Gasteiger partial charge is 0.393 e. The van der Waals surface area contributed by atoms with Crippen molar-refractivity contribution in [1.29, 1.82) is 0 Å². The summed E-state index contributed by atoms with van der Waals surface area (Å²) >= 11 is 0. The van der Waals surface area contributed by atoms with Crippen LogP contribution in [-0.4, -0.2) is 35.7 Å². The quantitative estimate of drug-likeness (QED) is 0.798. The van der Waals surface area contributed by atoms with Crippen molar-refractivity contribution in [2.75, 3.05) is 19.6 Å². The second-order valence-corrected chi connectivity index (χ2v) is 6.65. The molecule has 1 unspecified atom stereocenters.